The van der Waals surface area contributed by atoms with Gasteiger partial charge in [-0.2, -0.15) is 0 Å². The molecule has 0 aliphatic carbocycles. The molecule has 4 heteroatoms. The molecule has 1 nitrogen and oxygen atoms in total. The number of hydrogen-bond acceptors (Lipinski definition) is 1. The van der Waals surface area contributed by atoms with Crippen LogP contribution in [0.5, 0.6) is 0 Å². The number of carbonyl (C=O) groups is 1. The molecule has 0 radical (unpaired) electrons. The maximum atomic E-state index is 11.2. The van der Waals surface area contributed by atoms with Gasteiger partial charge >= 0.3 is 0 Å². The van der Waals surface area contributed by atoms with E-state index >= 15 is 0 Å². The number of allylic oxidation sites excluding steroid dienone is 1. The van der Waals surface area contributed by atoms with E-state index in [-0.39, 0.29) is 14.8 Å². The minimum atomic E-state index is -0.0907. The first kappa shape index (κ1) is 12.5. The summed E-state index contributed by atoms with van der Waals surface area (Å²) in [7, 11) is 0. The van der Waals surface area contributed by atoms with Gasteiger partial charge in [0, 0.05) is 6.42 Å². The molecule has 0 saturated heterocycles. The molecule has 0 fully saturated rings. The summed E-state index contributed by atoms with van der Waals surface area (Å²) in [6.45, 7) is 2.08. The smallest absolute Gasteiger partial charge is 0.176 e. The fourth-order valence-corrected chi connectivity index (χ4v) is 1.17. The lowest BCUT2D eigenvalue weighted by molar-refractivity contribution is -0.115. The van der Waals surface area contributed by atoms with Crippen LogP contribution in [0.3, 0.4) is 0 Å². The normalized spacial score (nSPS) is 12.7. The maximum absolute atomic E-state index is 11.2. The molecule has 70 valence electrons. The van der Waals surface area contributed by atoms with Crippen LogP contribution < -0.4 is 0 Å². The molecule has 0 unspecified atom stereocenters. The zero-order valence-electron chi connectivity index (χ0n) is 6.87. The lowest BCUT2D eigenvalue weighted by atomic mass is 10.1. The van der Waals surface area contributed by atoms with E-state index in [2.05, 4.69) is 22.9 Å². The predicted molar refractivity (Wildman–Crippen MR) is 56.8 cm³/mol. The summed E-state index contributed by atoms with van der Waals surface area (Å²) < 4.78 is 0.200. The number of hydrogen-bond donors (Lipinski definition) is 0. The third kappa shape index (κ3) is 5.18. The Kier molecular flexibility index (Phi) is 7.20. The van der Waals surface area contributed by atoms with Crippen LogP contribution in [0.4, 0.5) is 0 Å². The summed E-state index contributed by atoms with van der Waals surface area (Å²) in [5.74, 6) is -0.0907. The Labute approximate surface area is 91.2 Å². The molecule has 0 rings (SSSR count). The quantitative estimate of drug-likeness (QED) is 0.543. The monoisotopic (exact) mass is 272 g/mol. The third-order valence-corrected chi connectivity index (χ3v) is 2.73. The van der Waals surface area contributed by atoms with Crippen LogP contribution in [0.1, 0.15) is 32.6 Å². The number of unbranched alkanes of at least 4 members (excludes halogenated alkanes) is 2. The van der Waals surface area contributed by atoms with Gasteiger partial charge in [-0.3, -0.25) is 4.79 Å². The van der Waals surface area contributed by atoms with E-state index in [1.807, 2.05) is 0 Å². The first-order valence-electron chi connectivity index (χ1n) is 3.83. The SMILES string of the molecule is CCCCCC(=O)/C(Cl)=C(\Cl)Br. The van der Waals surface area contributed by atoms with Gasteiger partial charge < -0.3 is 0 Å². The second-order valence-corrected chi connectivity index (χ2v) is 4.46. The van der Waals surface area contributed by atoms with Crippen molar-refractivity contribution in [1.82, 2.24) is 0 Å². The number of Topliss-reactive ketones (excluding diaryl/α,β-unsaturated/α-hetero) is 1. The van der Waals surface area contributed by atoms with Crippen LogP contribution in [0, 0.1) is 0 Å². The topological polar surface area (TPSA) is 17.1 Å². The van der Waals surface area contributed by atoms with Gasteiger partial charge in [-0.15, -0.1) is 0 Å². The molecule has 0 atom stereocenters. The number of carbonyl (C=O) groups excluding carboxylic acids is 1. The van der Waals surface area contributed by atoms with Crippen LogP contribution in [0.25, 0.3) is 0 Å². The van der Waals surface area contributed by atoms with E-state index in [4.69, 9.17) is 23.2 Å². The molecule has 0 spiro atoms. The van der Waals surface area contributed by atoms with Crippen molar-refractivity contribution in [2.45, 2.75) is 32.6 Å². The van der Waals surface area contributed by atoms with Gasteiger partial charge in [-0.1, -0.05) is 43.0 Å². The van der Waals surface area contributed by atoms with Crippen molar-refractivity contribution in [3.63, 3.8) is 0 Å². The van der Waals surface area contributed by atoms with E-state index in [9.17, 15) is 4.79 Å². The first-order chi connectivity index (χ1) is 5.59. The standard InChI is InChI=1S/C8H11BrCl2O/c1-2-3-4-5-6(12)7(10)8(9)11/h2-5H2,1H3/b8-7+. The summed E-state index contributed by atoms with van der Waals surface area (Å²) in [5, 5.41) is 0.104. The maximum Gasteiger partial charge on any atom is 0.176 e. The van der Waals surface area contributed by atoms with E-state index < -0.39 is 0 Å². The molecular weight excluding hydrogens is 263 g/mol. The molecule has 0 amide bonds. The molecule has 0 aliphatic heterocycles. The molecule has 0 aromatic heterocycles. The molecule has 0 N–H and O–H groups in total. The highest BCUT2D eigenvalue weighted by Gasteiger charge is 2.09. The summed E-state index contributed by atoms with van der Waals surface area (Å²) in [6.07, 6.45) is 3.50. The fraction of sp³-hybridized carbons (Fsp3) is 0.625. The molecule has 0 aromatic rings. The second-order valence-electron chi connectivity index (χ2n) is 2.45. The first-order valence-corrected chi connectivity index (χ1v) is 5.38. The average molecular weight is 274 g/mol. The van der Waals surface area contributed by atoms with Gasteiger partial charge in [0.05, 0.1) is 0 Å². The van der Waals surface area contributed by atoms with E-state index in [0.717, 1.165) is 19.3 Å². The summed E-state index contributed by atoms with van der Waals surface area (Å²) in [5.41, 5.74) is 0. The van der Waals surface area contributed by atoms with Crippen LogP contribution in [0.15, 0.2) is 8.97 Å². The van der Waals surface area contributed by atoms with E-state index in [1.54, 1.807) is 0 Å². The number of ketones is 1. The van der Waals surface area contributed by atoms with Crippen LogP contribution in [-0.4, -0.2) is 5.78 Å². The Bertz CT molecular complexity index is 185. The Hall–Kier alpha value is 0.470. The minimum absolute atomic E-state index is 0.0907. The zero-order chi connectivity index (χ0) is 9.56. The number of halogens is 3. The Morgan fingerprint density at radius 1 is 1.33 bits per heavy atom. The van der Waals surface area contributed by atoms with Crippen molar-refractivity contribution in [1.29, 1.82) is 0 Å². The van der Waals surface area contributed by atoms with E-state index in [1.165, 1.54) is 0 Å². The highest BCUT2D eigenvalue weighted by atomic mass is 79.9. The zero-order valence-corrected chi connectivity index (χ0v) is 9.97. The lowest BCUT2D eigenvalue weighted by Gasteiger charge is -1.97. The van der Waals surface area contributed by atoms with Gasteiger partial charge in [0.15, 0.2) is 5.78 Å². The third-order valence-electron chi connectivity index (χ3n) is 1.42. The predicted octanol–water partition coefficient (Wildman–Crippen LogP) is 4.18. The van der Waals surface area contributed by atoms with Crippen LogP contribution in [-0.2, 0) is 4.79 Å². The van der Waals surface area contributed by atoms with Gasteiger partial charge in [0.1, 0.15) is 8.97 Å². The van der Waals surface area contributed by atoms with Gasteiger partial charge in [0.25, 0.3) is 0 Å². The molecule has 12 heavy (non-hydrogen) atoms. The van der Waals surface area contributed by atoms with Crippen LogP contribution in [0.2, 0.25) is 0 Å². The minimum Gasteiger partial charge on any atom is -0.293 e. The summed E-state index contributed by atoms with van der Waals surface area (Å²) >= 11 is 14.0. The van der Waals surface area contributed by atoms with Crippen molar-refractivity contribution >= 4 is 44.9 Å². The van der Waals surface area contributed by atoms with Gasteiger partial charge in [0.2, 0.25) is 0 Å². The largest absolute Gasteiger partial charge is 0.293 e. The summed E-state index contributed by atoms with van der Waals surface area (Å²) in [6, 6.07) is 0. The van der Waals surface area contributed by atoms with Crippen LogP contribution >= 0.6 is 39.1 Å². The molecule has 0 saturated carbocycles. The molecule has 0 aromatic carbocycles. The highest BCUT2D eigenvalue weighted by molar-refractivity contribution is 9.12. The average Bonchev–Trinajstić information content (AvgIpc) is 2.03. The molecule has 0 aliphatic rings. The Morgan fingerprint density at radius 2 is 1.92 bits per heavy atom. The van der Waals surface area contributed by atoms with Crippen molar-refractivity contribution in [3.8, 4) is 0 Å². The Balaban J connectivity index is 3.81. The van der Waals surface area contributed by atoms with Gasteiger partial charge in [-0.05, 0) is 22.4 Å². The number of rotatable bonds is 5. The van der Waals surface area contributed by atoms with Crippen molar-refractivity contribution < 1.29 is 4.79 Å². The van der Waals surface area contributed by atoms with Gasteiger partial charge in [-0.25, -0.2) is 0 Å². The molecule has 0 bridgehead atoms. The molecular formula is C8H11BrCl2O. The van der Waals surface area contributed by atoms with Crippen molar-refractivity contribution in [2.75, 3.05) is 0 Å². The van der Waals surface area contributed by atoms with Crippen molar-refractivity contribution in [2.24, 2.45) is 0 Å². The summed E-state index contributed by atoms with van der Waals surface area (Å²) in [4.78, 5) is 11.2. The fourth-order valence-electron chi connectivity index (χ4n) is 0.751. The van der Waals surface area contributed by atoms with E-state index in [0.29, 0.717) is 6.42 Å². The highest BCUT2D eigenvalue weighted by Crippen LogP contribution is 2.22. The lowest BCUT2D eigenvalue weighted by Crippen LogP contribution is -1.97. The van der Waals surface area contributed by atoms with Crippen molar-refractivity contribution in [3.05, 3.63) is 8.97 Å². The second kappa shape index (κ2) is 6.93. The Morgan fingerprint density at radius 3 is 2.33 bits per heavy atom. The molecule has 0 heterocycles.